The molecule has 1 fully saturated rings. The Morgan fingerprint density at radius 2 is 2.03 bits per heavy atom. The summed E-state index contributed by atoms with van der Waals surface area (Å²) in [6.07, 6.45) is 3.48. The molecule has 1 saturated heterocycles. The van der Waals surface area contributed by atoms with Gasteiger partial charge in [0.05, 0.1) is 6.54 Å². The van der Waals surface area contributed by atoms with E-state index >= 15 is 0 Å². The molecule has 166 valence electrons. The van der Waals surface area contributed by atoms with Crippen molar-refractivity contribution >= 4 is 17.5 Å². The second-order valence-electron chi connectivity index (χ2n) is 8.57. The number of aromatic nitrogens is 3. The topological polar surface area (TPSA) is 92.5 Å². The van der Waals surface area contributed by atoms with Crippen molar-refractivity contribution in [3.63, 3.8) is 0 Å². The van der Waals surface area contributed by atoms with Crippen LogP contribution in [0.2, 0.25) is 0 Å². The number of anilines is 1. The number of amides is 2. The molecule has 9 heteroatoms. The smallest absolute Gasteiger partial charge is 0.345 e. The Hall–Kier alpha value is -2.94. The van der Waals surface area contributed by atoms with E-state index in [0.29, 0.717) is 44.5 Å². The van der Waals surface area contributed by atoms with Crippen LogP contribution in [0.15, 0.2) is 29.1 Å². The second kappa shape index (κ2) is 9.05. The molecule has 0 radical (unpaired) electrons. The van der Waals surface area contributed by atoms with Gasteiger partial charge in [-0.3, -0.25) is 14.2 Å². The average molecular weight is 427 g/mol. The van der Waals surface area contributed by atoms with Crippen molar-refractivity contribution in [1.82, 2.24) is 24.6 Å². The van der Waals surface area contributed by atoms with E-state index in [1.165, 1.54) is 0 Å². The number of benzene rings is 1. The summed E-state index contributed by atoms with van der Waals surface area (Å²) in [5.41, 5.74) is 1.24. The SMILES string of the molecule is CN(C)CCn1nc2n(c1=O)CCC(NC(=O)c1cccc(N3CCCC3=O)c1)CC2. The third kappa shape index (κ3) is 4.71. The number of nitrogens with one attached hydrogen (secondary N) is 1. The lowest BCUT2D eigenvalue weighted by Crippen LogP contribution is -2.36. The third-order valence-corrected chi connectivity index (χ3v) is 6.00. The van der Waals surface area contributed by atoms with Gasteiger partial charge >= 0.3 is 5.69 Å². The van der Waals surface area contributed by atoms with Gasteiger partial charge in [-0.05, 0) is 51.6 Å². The Kier molecular flexibility index (Phi) is 6.22. The number of fused-ring (bicyclic) bond motifs is 1. The average Bonchev–Trinajstić information content (AvgIpc) is 3.24. The van der Waals surface area contributed by atoms with Crippen molar-refractivity contribution in [2.24, 2.45) is 0 Å². The van der Waals surface area contributed by atoms with E-state index in [-0.39, 0.29) is 23.5 Å². The molecule has 4 rings (SSSR count). The first-order valence-corrected chi connectivity index (χ1v) is 10.9. The highest BCUT2D eigenvalue weighted by Crippen LogP contribution is 2.22. The molecular weight excluding hydrogens is 396 g/mol. The maximum atomic E-state index is 12.8. The number of nitrogens with zero attached hydrogens (tertiary/aromatic N) is 5. The Balaban J connectivity index is 1.39. The van der Waals surface area contributed by atoms with Gasteiger partial charge in [-0.2, -0.15) is 5.10 Å². The Bertz CT molecular complexity index is 1020. The summed E-state index contributed by atoms with van der Waals surface area (Å²) >= 11 is 0. The molecule has 2 aromatic rings. The monoisotopic (exact) mass is 426 g/mol. The van der Waals surface area contributed by atoms with Crippen molar-refractivity contribution in [2.45, 2.75) is 51.2 Å². The van der Waals surface area contributed by atoms with Crippen LogP contribution in [-0.2, 0) is 24.3 Å². The van der Waals surface area contributed by atoms with Gasteiger partial charge in [0.1, 0.15) is 5.82 Å². The largest absolute Gasteiger partial charge is 0.349 e. The number of likely N-dealkylation sites (N-methyl/N-ethyl adjacent to an activating group) is 1. The molecule has 1 unspecified atom stereocenters. The lowest BCUT2D eigenvalue weighted by Gasteiger charge is -2.18. The maximum Gasteiger partial charge on any atom is 0.345 e. The number of hydrogen-bond acceptors (Lipinski definition) is 5. The molecule has 1 aromatic heterocycles. The summed E-state index contributed by atoms with van der Waals surface area (Å²) in [7, 11) is 3.94. The van der Waals surface area contributed by atoms with E-state index in [0.717, 1.165) is 30.9 Å². The Labute approximate surface area is 181 Å². The zero-order valence-electron chi connectivity index (χ0n) is 18.2. The van der Waals surface area contributed by atoms with Crippen LogP contribution in [-0.4, -0.2) is 64.3 Å². The predicted octanol–water partition coefficient (Wildman–Crippen LogP) is 0.868. The van der Waals surface area contributed by atoms with Crippen molar-refractivity contribution < 1.29 is 9.59 Å². The normalized spacial score (nSPS) is 18.9. The van der Waals surface area contributed by atoms with E-state index in [1.807, 2.05) is 31.1 Å². The van der Waals surface area contributed by atoms with Crippen LogP contribution in [0.1, 0.15) is 41.9 Å². The van der Waals surface area contributed by atoms with Crippen LogP contribution < -0.4 is 15.9 Å². The minimum atomic E-state index is -0.151. The standard InChI is InChI=1S/C22H30N6O3/c1-25(2)13-14-28-22(31)27-12-10-17(8-9-19(27)24-28)23-21(30)16-5-3-6-18(15-16)26-11-4-7-20(26)29/h3,5-6,15,17H,4,7-14H2,1-2H3,(H,23,30). The first kappa shape index (κ1) is 21.3. The van der Waals surface area contributed by atoms with E-state index in [9.17, 15) is 14.4 Å². The number of hydrogen-bond donors (Lipinski definition) is 1. The minimum Gasteiger partial charge on any atom is -0.349 e. The van der Waals surface area contributed by atoms with Gasteiger partial charge < -0.3 is 15.1 Å². The zero-order valence-corrected chi connectivity index (χ0v) is 18.2. The molecule has 1 N–H and O–H groups in total. The molecule has 0 spiro atoms. The van der Waals surface area contributed by atoms with Gasteiger partial charge in [-0.1, -0.05) is 6.07 Å². The molecule has 1 atom stereocenters. The highest BCUT2D eigenvalue weighted by Gasteiger charge is 2.24. The number of aryl methyl sites for hydroxylation is 1. The molecule has 1 aromatic carbocycles. The highest BCUT2D eigenvalue weighted by molar-refractivity contribution is 5.99. The minimum absolute atomic E-state index is 0.0269. The molecule has 9 nitrogen and oxygen atoms in total. The fourth-order valence-electron chi connectivity index (χ4n) is 4.22. The van der Waals surface area contributed by atoms with Gasteiger partial charge in [0.15, 0.2) is 0 Å². The summed E-state index contributed by atoms with van der Waals surface area (Å²) in [5, 5.41) is 7.61. The molecular formula is C22H30N6O3. The molecule has 31 heavy (non-hydrogen) atoms. The number of carbonyl (C=O) groups is 2. The molecule has 2 amide bonds. The summed E-state index contributed by atoms with van der Waals surface area (Å²) < 4.78 is 3.28. The Morgan fingerprint density at radius 3 is 2.77 bits per heavy atom. The summed E-state index contributed by atoms with van der Waals surface area (Å²) in [6, 6.07) is 7.20. The van der Waals surface area contributed by atoms with Crippen LogP contribution >= 0.6 is 0 Å². The van der Waals surface area contributed by atoms with Crippen molar-refractivity contribution in [3.8, 4) is 0 Å². The fourth-order valence-corrected chi connectivity index (χ4v) is 4.22. The molecule has 0 bridgehead atoms. The van der Waals surface area contributed by atoms with Crippen molar-refractivity contribution in [2.75, 3.05) is 32.1 Å². The highest BCUT2D eigenvalue weighted by atomic mass is 16.2. The van der Waals surface area contributed by atoms with E-state index in [1.54, 1.807) is 26.3 Å². The van der Waals surface area contributed by atoms with Crippen molar-refractivity contribution in [1.29, 1.82) is 0 Å². The first-order chi connectivity index (χ1) is 14.9. The van der Waals surface area contributed by atoms with Crippen LogP contribution in [0.5, 0.6) is 0 Å². The zero-order chi connectivity index (χ0) is 22.0. The van der Waals surface area contributed by atoms with Gasteiger partial charge in [-0.25, -0.2) is 9.48 Å². The van der Waals surface area contributed by atoms with E-state index in [4.69, 9.17) is 0 Å². The number of rotatable bonds is 6. The summed E-state index contributed by atoms with van der Waals surface area (Å²) in [6.45, 7) is 2.58. The predicted molar refractivity (Wildman–Crippen MR) is 117 cm³/mol. The van der Waals surface area contributed by atoms with Gasteiger partial charge in [0, 0.05) is 49.8 Å². The van der Waals surface area contributed by atoms with Crippen LogP contribution in [0.4, 0.5) is 5.69 Å². The fraction of sp³-hybridized carbons (Fsp3) is 0.545. The Morgan fingerprint density at radius 1 is 1.19 bits per heavy atom. The molecule has 0 saturated carbocycles. The lowest BCUT2D eigenvalue weighted by atomic mass is 10.1. The lowest BCUT2D eigenvalue weighted by molar-refractivity contribution is -0.117. The summed E-state index contributed by atoms with van der Waals surface area (Å²) in [5.74, 6) is 0.739. The van der Waals surface area contributed by atoms with Crippen LogP contribution in [0.3, 0.4) is 0 Å². The summed E-state index contributed by atoms with van der Waals surface area (Å²) in [4.78, 5) is 41.3. The quantitative estimate of drug-likeness (QED) is 0.740. The second-order valence-corrected chi connectivity index (χ2v) is 8.57. The van der Waals surface area contributed by atoms with Crippen molar-refractivity contribution in [3.05, 3.63) is 46.1 Å². The van der Waals surface area contributed by atoms with Crippen LogP contribution in [0, 0.1) is 0 Å². The van der Waals surface area contributed by atoms with Gasteiger partial charge in [0.25, 0.3) is 5.91 Å². The molecule has 2 aliphatic heterocycles. The molecule has 2 aliphatic rings. The maximum absolute atomic E-state index is 12.8. The van der Waals surface area contributed by atoms with E-state index in [2.05, 4.69) is 10.4 Å². The van der Waals surface area contributed by atoms with Crippen LogP contribution in [0.25, 0.3) is 0 Å². The van der Waals surface area contributed by atoms with Gasteiger partial charge in [-0.15, -0.1) is 0 Å². The van der Waals surface area contributed by atoms with E-state index < -0.39 is 0 Å². The van der Waals surface area contributed by atoms with Gasteiger partial charge in [0.2, 0.25) is 5.91 Å². The third-order valence-electron chi connectivity index (χ3n) is 6.00. The molecule has 3 heterocycles. The first-order valence-electron chi connectivity index (χ1n) is 10.9. The number of carbonyl (C=O) groups excluding carboxylic acids is 2. The molecule has 0 aliphatic carbocycles.